The van der Waals surface area contributed by atoms with Gasteiger partial charge >= 0.3 is 0 Å². The molecule has 0 aliphatic carbocycles. The maximum absolute atomic E-state index is 9.51. The van der Waals surface area contributed by atoms with Crippen molar-refractivity contribution < 1.29 is 0 Å². The minimum Gasteiger partial charge on any atom is -0.235 e. The van der Waals surface area contributed by atoms with E-state index in [2.05, 4.69) is 43.1 Å². The van der Waals surface area contributed by atoms with Gasteiger partial charge in [0.15, 0.2) is 0 Å². The second-order valence-electron chi connectivity index (χ2n) is 5.55. The molecular weight excluding hydrogens is 336 g/mol. The molecule has 0 aliphatic rings. The number of halogens is 1. The summed E-state index contributed by atoms with van der Waals surface area (Å²) in [5.74, 6) is 0. The molecule has 0 aliphatic heterocycles. The minimum absolute atomic E-state index is 0.518. The fraction of sp³-hybridized carbons (Fsp3) is 0.100. The molecule has 0 radical (unpaired) electrons. The summed E-state index contributed by atoms with van der Waals surface area (Å²) in [6, 6.07) is 16.0. The molecule has 0 unspecified atom stereocenters. The molecule has 0 fully saturated rings. The maximum atomic E-state index is 9.51. The van der Waals surface area contributed by atoms with Gasteiger partial charge in [-0.2, -0.15) is 5.26 Å². The maximum Gasteiger partial charge on any atom is 0.134 e. The van der Waals surface area contributed by atoms with Gasteiger partial charge in [0.1, 0.15) is 11.1 Å². The van der Waals surface area contributed by atoms with Crippen molar-refractivity contribution in [1.82, 2.24) is 4.98 Å². The van der Waals surface area contributed by atoms with Crippen molar-refractivity contribution in [2.24, 2.45) is 0 Å². The molecule has 0 bridgehead atoms. The van der Waals surface area contributed by atoms with Gasteiger partial charge in [0.2, 0.25) is 0 Å². The topological polar surface area (TPSA) is 36.7 Å². The summed E-state index contributed by atoms with van der Waals surface area (Å²) in [4.78, 5) is 4.65. The van der Waals surface area contributed by atoms with Gasteiger partial charge in [-0.15, -0.1) is 11.3 Å². The van der Waals surface area contributed by atoms with Gasteiger partial charge in [0.25, 0.3) is 0 Å². The van der Waals surface area contributed by atoms with E-state index in [-0.39, 0.29) is 0 Å². The summed E-state index contributed by atoms with van der Waals surface area (Å²) in [7, 11) is 0. The van der Waals surface area contributed by atoms with Gasteiger partial charge in [-0.05, 0) is 37.1 Å². The molecule has 0 amide bonds. The lowest BCUT2D eigenvalue weighted by Crippen LogP contribution is -1.86. The van der Waals surface area contributed by atoms with Crippen molar-refractivity contribution in [1.29, 1.82) is 5.26 Å². The molecule has 1 heterocycles. The number of nitriles is 1. The molecular formula is C20H15ClN2S. The first-order valence-electron chi connectivity index (χ1n) is 7.48. The first-order valence-corrected chi connectivity index (χ1v) is 8.74. The highest BCUT2D eigenvalue weighted by atomic mass is 35.5. The Balaban J connectivity index is 2.00. The van der Waals surface area contributed by atoms with Crippen LogP contribution in [0.4, 0.5) is 0 Å². The number of aryl methyl sites for hydroxylation is 2. The average Bonchev–Trinajstić information content (AvgIpc) is 3.03. The van der Waals surface area contributed by atoms with Crippen molar-refractivity contribution in [3.63, 3.8) is 0 Å². The smallest absolute Gasteiger partial charge is 0.134 e. The van der Waals surface area contributed by atoms with Gasteiger partial charge in [0, 0.05) is 16.0 Å². The summed E-state index contributed by atoms with van der Waals surface area (Å²) in [6.07, 6.45) is 1.78. The predicted octanol–water partition coefficient (Wildman–Crippen LogP) is 6.14. The van der Waals surface area contributed by atoms with Crippen molar-refractivity contribution >= 4 is 34.6 Å². The Labute approximate surface area is 150 Å². The van der Waals surface area contributed by atoms with Crippen LogP contribution < -0.4 is 0 Å². The third-order valence-corrected chi connectivity index (χ3v) is 4.94. The van der Waals surface area contributed by atoms with Gasteiger partial charge in [-0.25, -0.2) is 4.98 Å². The van der Waals surface area contributed by atoms with E-state index in [0.29, 0.717) is 15.6 Å². The number of allylic oxidation sites excluding steroid dienone is 1. The summed E-state index contributed by atoms with van der Waals surface area (Å²) in [5, 5.41) is 12.8. The molecule has 0 spiro atoms. The van der Waals surface area contributed by atoms with Crippen LogP contribution in [0, 0.1) is 25.2 Å². The number of benzene rings is 2. The van der Waals surface area contributed by atoms with Crippen LogP contribution in [0.25, 0.3) is 22.9 Å². The number of nitrogens with zero attached hydrogens (tertiary/aromatic N) is 2. The molecule has 1 aromatic heterocycles. The summed E-state index contributed by atoms with van der Waals surface area (Å²) >= 11 is 7.65. The van der Waals surface area contributed by atoms with E-state index in [9.17, 15) is 5.26 Å². The van der Waals surface area contributed by atoms with Crippen molar-refractivity contribution in [2.45, 2.75) is 13.8 Å². The normalized spacial score (nSPS) is 11.3. The first-order chi connectivity index (χ1) is 11.6. The SMILES string of the molecule is Cc1ccc(-c2csc(/C(C#N)=C/c3ccccc3Cl)n2)c(C)c1. The zero-order valence-electron chi connectivity index (χ0n) is 13.4. The van der Waals surface area contributed by atoms with Crippen LogP contribution in [0.15, 0.2) is 47.8 Å². The number of hydrogen-bond donors (Lipinski definition) is 0. The summed E-state index contributed by atoms with van der Waals surface area (Å²) < 4.78 is 0. The van der Waals surface area contributed by atoms with Crippen LogP contribution in [0.1, 0.15) is 21.7 Å². The molecule has 4 heteroatoms. The van der Waals surface area contributed by atoms with Gasteiger partial charge in [0.05, 0.1) is 11.3 Å². The highest BCUT2D eigenvalue weighted by Gasteiger charge is 2.11. The largest absolute Gasteiger partial charge is 0.235 e. The minimum atomic E-state index is 0.518. The molecule has 3 aromatic rings. The number of thiazole rings is 1. The Morgan fingerprint density at radius 3 is 2.71 bits per heavy atom. The highest BCUT2D eigenvalue weighted by Crippen LogP contribution is 2.30. The summed E-state index contributed by atoms with van der Waals surface area (Å²) in [5.41, 5.74) is 5.73. The Morgan fingerprint density at radius 1 is 1.21 bits per heavy atom. The Morgan fingerprint density at radius 2 is 2.00 bits per heavy atom. The van der Waals surface area contributed by atoms with Crippen molar-refractivity contribution in [3.8, 4) is 17.3 Å². The quantitative estimate of drug-likeness (QED) is 0.531. The van der Waals surface area contributed by atoms with E-state index in [1.165, 1.54) is 22.5 Å². The van der Waals surface area contributed by atoms with E-state index in [1.54, 1.807) is 6.08 Å². The van der Waals surface area contributed by atoms with Crippen LogP contribution in [0.3, 0.4) is 0 Å². The third kappa shape index (κ3) is 3.41. The fourth-order valence-corrected chi connectivity index (χ4v) is 3.49. The van der Waals surface area contributed by atoms with Crippen molar-refractivity contribution in [3.05, 3.63) is 74.6 Å². The molecule has 0 atom stereocenters. The molecule has 2 nitrogen and oxygen atoms in total. The van der Waals surface area contributed by atoms with Crippen LogP contribution in [0.5, 0.6) is 0 Å². The Bertz CT molecular complexity index is 964. The molecule has 24 heavy (non-hydrogen) atoms. The van der Waals surface area contributed by atoms with E-state index in [4.69, 9.17) is 11.6 Å². The molecule has 118 valence electrons. The lowest BCUT2D eigenvalue weighted by Gasteiger charge is -2.03. The van der Waals surface area contributed by atoms with E-state index >= 15 is 0 Å². The highest BCUT2D eigenvalue weighted by molar-refractivity contribution is 7.11. The third-order valence-electron chi connectivity index (χ3n) is 3.72. The molecule has 2 aromatic carbocycles. The number of hydrogen-bond acceptors (Lipinski definition) is 3. The van der Waals surface area contributed by atoms with Crippen molar-refractivity contribution in [2.75, 3.05) is 0 Å². The van der Waals surface area contributed by atoms with Crippen LogP contribution in [-0.4, -0.2) is 4.98 Å². The van der Waals surface area contributed by atoms with E-state index in [1.807, 2.05) is 29.6 Å². The fourth-order valence-electron chi connectivity index (χ4n) is 2.51. The molecule has 0 saturated heterocycles. The number of aromatic nitrogens is 1. The Hall–Kier alpha value is -2.41. The van der Waals surface area contributed by atoms with Crippen LogP contribution >= 0.6 is 22.9 Å². The predicted molar refractivity (Wildman–Crippen MR) is 102 cm³/mol. The monoisotopic (exact) mass is 350 g/mol. The molecule has 0 N–H and O–H groups in total. The molecule has 0 saturated carbocycles. The average molecular weight is 351 g/mol. The molecule has 3 rings (SSSR count). The zero-order chi connectivity index (χ0) is 17.1. The van der Waals surface area contributed by atoms with E-state index in [0.717, 1.165) is 16.8 Å². The second-order valence-corrected chi connectivity index (χ2v) is 6.81. The lowest BCUT2D eigenvalue weighted by atomic mass is 10.0. The number of rotatable bonds is 3. The second kappa shape index (κ2) is 7.00. The van der Waals surface area contributed by atoms with Crippen LogP contribution in [-0.2, 0) is 0 Å². The lowest BCUT2D eigenvalue weighted by molar-refractivity contribution is 1.32. The summed E-state index contributed by atoms with van der Waals surface area (Å²) in [6.45, 7) is 4.15. The zero-order valence-corrected chi connectivity index (χ0v) is 14.9. The Kier molecular flexibility index (Phi) is 4.80. The van der Waals surface area contributed by atoms with Gasteiger partial charge < -0.3 is 0 Å². The standard InChI is InChI=1S/C20H15ClN2S/c1-13-7-8-17(14(2)9-13)19-12-24-20(23-19)16(11-22)10-15-5-3-4-6-18(15)21/h3-10,12H,1-2H3/b16-10+. The van der Waals surface area contributed by atoms with Gasteiger partial charge in [-0.3, -0.25) is 0 Å². The first kappa shape index (κ1) is 16.4. The van der Waals surface area contributed by atoms with Crippen LogP contribution in [0.2, 0.25) is 5.02 Å². The van der Waals surface area contributed by atoms with E-state index < -0.39 is 0 Å². The van der Waals surface area contributed by atoms with Gasteiger partial charge in [-0.1, -0.05) is 53.6 Å².